The predicted molar refractivity (Wildman–Crippen MR) is 79.2 cm³/mol. The van der Waals surface area contributed by atoms with E-state index in [1.54, 1.807) is 4.90 Å². The lowest BCUT2D eigenvalue weighted by molar-refractivity contribution is -0.131. The van der Waals surface area contributed by atoms with Gasteiger partial charge < -0.3 is 19.5 Å². The Morgan fingerprint density at radius 1 is 1.33 bits per heavy atom. The zero-order chi connectivity index (χ0) is 15.1. The minimum absolute atomic E-state index is 0.0490. The van der Waals surface area contributed by atoms with Gasteiger partial charge in [-0.2, -0.15) is 0 Å². The standard InChI is InChI=1S/C16H23NO4/c1-2-20-15-12-17(11-14(15)18)16(19)9-6-10-21-13-7-4-3-5-8-13/h3-5,7-8,14-15,18H,2,6,9-12H2,1H3/t14-,15-/m0/s1. The van der Waals surface area contributed by atoms with Crippen molar-refractivity contribution in [2.24, 2.45) is 0 Å². The zero-order valence-corrected chi connectivity index (χ0v) is 12.4. The van der Waals surface area contributed by atoms with Crippen molar-refractivity contribution in [2.75, 3.05) is 26.3 Å². The van der Waals surface area contributed by atoms with Crippen LogP contribution < -0.4 is 4.74 Å². The summed E-state index contributed by atoms with van der Waals surface area (Å²) in [4.78, 5) is 13.7. The maximum Gasteiger partial charge on any atom is 0.222 e. The fourth-order valence-electron chi connectivity index (χ4n) is 2.43. The first-order valence-electron chi connectivity index (χ1n) is 7.46. The zero-order valence-electron chi connectivity index (χ0n) is 12.4. The average Bonchev–Trinajstić information content (AvgIpc) is 2.86. The number of para-hydroxylation sites is 1. The lowest BCUT2D eigenvalue weighted by Gasteiger charge is -2.16. The topological polar surface area (TPSA) is 59.0 Å². The minimum atomic E-state index is -0.575. The number of nitrogens with zero attached hydrogens (tertiary/aromatic N) is 1. The summed E-state index contributed by atoms with van der Waals surface area (Å²) >= 11 is 0. The molecule has 0 unspecified atom stereocenters. The van der Waals surface area contributed by atoms with Crippen molar-refractivity contribution in [3.63, 3.8) is 0 Å². The quantitative estimate of drug-likeness (QED) is 0.773. The molecule has 0 spiro atoms. The summed E-state index contributed by atoms with van der Waals surface area (Å²) in [5.41, 5.74) is 0. The van der Waals surface area contributed by atoms with E-state index >= 15 is 0 Å². The molecule has 2 atom stereocenters. The second-order valence-corrected chi connectivity index (χ2v) is 5.12. The van der Waals surface area contributed by atoms with Gasteiger partial charge in [-0.05, 0) is 25.5 Å². The van der Waals surface area contributed by atoms with Crippen LogP contribution in [0.15, 0.2) is 30.3 Å². The van der Waals surface area contributed by atoms with Gasteiger partial charge in [-0.25, -0.2) is 0 Å². The van der Waals surface area contributed by atoms with Gasteiger partial charge >= 0.3 is 0 Å². The number of aliphatic hydroxyl groups excluding tert-OH is 1. The number of rotatable bonds is 7. The van der Waals surface area contributed by atoms with Crippen LogP contribution in [-0.4, -0.2) is 54.4 Å². The molecule has 116 valence electrons. The molecular weight excluding hydrogens is 270 g/mol. The molecule has 1 heterocycles. The summed E-state index contributed by atoms with van der Waals surface area (Å²) in [6, 6.07) is 9.56. The average molecular weight is 293 g/mol. The number of likely N-dealkylation sites (tertiary alicyclic amines) is 1. The maximum absolute atomic E-state index is 12.1. The van der Waals surface area contributed by atoms with Crippen molar-refractivity contribution < 1.29 is 19.4 Å². The highest BCUT2D eigenvalue weighted by Crippen LogP contribution is 2.15. The third-order valence-electron chi connectivity index (χ3n) is 3.52. The third-order valence-corrected chi connectivity index (χ3v) is 3.52. The Bertz CT molecular complexity index is 437. The Morgan fingerprint density at radius 3 is 2.81 bits per heavy atom. The summed E-state index contributed by atoms with van der Waals surface area (Å²) in [6.07, 6.45) is 0.270. The molecule has 5 heteroatoms. The fraction of sp³-hybridized carbons (Fsp3) is 0.562. The van der Waals surface area contributed by atoms with E-state index in [-0.39, 0.29) is 12.0 Å². The monoisotopic (exact) mass is 293 g/mol. The van der Waals surface area contributed by atoms with E-state index in [4.69, 9.17) is 9.47 Å². The molecule has 0 saturated carbocycles. The number of aliphatic hydroxyl groups is 1. The summed E-state index contributed by atoms with van der Waals surface area (Å²) in [6.45, 7) is 3.80. The molecule has 1 N–H and O–H groups in total. The van der Waals surface area contributed by atoms with Crippen LogP contribution in [0.5, 0.6) is 5.75 Å². The van der Waals surface area contributed by atoms with Crippen LogP contribution in [-0.2, 0) is 9.53 Å². The molecular formula is C16H23NO4. The molecule has 1 aliphatic heterocycles. The molecule has 5 nitrogen and oxygen atoms in total. The number of hydrogen-bond donors (Lipinski definition) is 1. The van der Waals surface area contributed by atoms with Crippen LogP contribution in [0.1, 0.15) is 19.8 Å². The molecule has 2 rings (SSSR count). The molecule has 0 bridgehead atoms. The van der Waals surface area contributed by atoms with Crippen molar-refractivity contribution in [1.29, 1.82) is 0 Å². The van der Waals surface area contributed by atoms with Gasteiger partial charge in [0.25, 0.3) is 0 Å². The highest BCUT2D eigenvalue weighted by atomic mass is 16.5. The lowest BCUT2D eigenvalue weighted by Crippen LogP contribution is -2.30. The van der Waals surface area contributed by atoms with Gasteiger partial charge in [-0.3, -0.25) is 4.79 Å². The Morgan fingerprint density at radius 2 is 2.10 bits per heavy atom. The smallest absolute Gasteiger partial charge is 0.222 e. The van der Waals surface area contributed by atoms with Crippen LogP contribution in [0.2, 0.25) is 0 Å². The lowest BCUT2D eigenvalue weighted by atomic mass is 10.3. The number of carbonyl (C=O) groups is 1. The van der Waals surface area contributed by atoms with Gasteiger partial charge in [0.1, 0.15) is 11.9 Å². The van der Waals surface area contributed by atoms with Crippen molar-refractivity contribution in [1.82, 2.24) is 4.90 Å². The van der Waals surface area contributed by atoms with E-state index in [0.717, 1.165) is 5.75 Å². The van der Waals surface area contributed by atoms with Gasteiger partial charge in [0.2, 0.25) is 5.91 Å². The molecule has 0 aliphatic carbocycles. The van der Waals surface area contributed by atoms with E-state index in [2.05, 4.69) is 0 Å². The normalized spacial score (nSPS) is 21.5. The number of ether oxygens (including phenoxy) is 2. The molecule has 1 aromatic carbocycles. The largest absolute Gasteiger partial charge is 0.494 e. The van der Waals surface area contributed by atoms with E-state index < -0.39 is 6.10 Å². The van der Waals surface area contributed by atoms with E-state index in [1.165, 1.54) is 0 Å². The maximum atomic E-state index is 12.1. The molecule has 1 amide bonds. The van der Waals surface area contributed by atoms with Crippen molar-refractivity contribution in [3.05, 3.63) is 30.3 Å². The Hall–Kier alpha value is -1.59. The van der Waals surface area contributed by atoms with Crippen molar-refractivity contribution >= 4 is 5.91 Å². The molecule has 0 aromatic heterocycles. The van der Waals surface area contributed by atoms with Crippen LogP contribution in [0.3, 0.4) is 0 Å². The number of amides is 1. The molecule has 1 fully saturated rings. The fourth-order valence-corrected chi connectivity index (χ4v) is 2.43. The molecule has 0 radical (unpaired) electrons. The van der Waals surface area contributed by atoms with Gasteiger partial charge in [-0.15, -0.1) is 0 Å². The van der Waals surface area contributed by atoms with E-state index in [1.807, 2.05) is 37.3 Å². The van der Waals surface area contributed by atoms with Gasteiger partial charge in [0.15, 0.2) is 0 Å². The second kappa shape index (κ2) is 8.00. The summed E-state index contributed by atoms with van der Waals surface area (Å²) in [5.74, 6) is 0.867. The first kappa shape index (κ1) is 15.8. The summed E-state index contributed by atoms with van der Waals surface area (Å²) < 4.78 is 11.0. The Kier molecular flexibility index (Phi) is 6.02. The van der Waals surface area contributed by atoms with Crippen LogP contribution >= 0.6 is 0 Å². The predicted octanol–water partition coefficient (Wildman–Crippen LogP) is 1.45. The third kappa shape index (κ3) is 4.72. The second-order valence-electron chi connectivity index (χ2n) is 5.12. The first-order valence-corrected chi connectivity index (χ1v) is 7.46. The Labute approximate surface area is 125 Å². The van der Waals surface area contributed by atoms with Crippen LogP contribution in [0, 0.1) is 0 Å². The highest BCUT2D eigenvalue weighted by molar-refractivity contribution is 5.76. The number of β-amino-alcohol motifs (C(OH)–C–C–N with tert-alkyl or cyclic N) is 1. The van der Waals surface area contributed by atoms with Crippen molar-refractivity contribution in [2.45, 2.75) is 32.0 Å². The van der Waals surface area contributed by atoms with E-state index in [9.17, 15) is 9.90 Å². The molecule has 1 saturated heterocycles. The summed E-state index contributed by atoms with van der Waals surface area (Å²) in [5, 5.41) is 9.82. The van der Waals surface area contributed by atoms with Gasteiger partial charge in [0.05, 0.1) is 12.7 Å². The van der Waals surface area contributed by atoms with Gasteiger partial charge in [-0.1, -0.05) is 18.2 Å². The van der Waals surface area contributed by atoms with Crippen molar-refractivity contribution in [3.8, 4) is 5.75 Å². The van der Waals surface area contributed by atoms with Crippen LogP contribution in [0.25, 0.3) is 0 Å². The molecule has 1 aliphatic rings. The number of carbonyl (C=O) groups excluding carboxylic acids is 1. The number of hydrogen-bond acceptors (Lipinski definition) is 4. The molecule has 1 aromatic rings. The minimum Gasteiger partial charge on any atom is -0.494 e. The highest BCUT2D eigenvalue weighted by Gasteiger charge is 2.33. The SMILES string of the molecule is CCO[C@H]1CN(C(=O)CCCOc2ccccc2)C[C@@H]1O. The molecule has 21 heavy (non-hydrogen) atoms. The summed E-state index contributed by atoms with van der Waals surface area (Å²) in [7, 11) is 0. The van der Waals surface area contributed by atoms with E-state index in [0.29, 0.717) is 39.1 Å². The van der Waals surface area contributed by atoms with Gasteiger partial charge in [0, 0.05) is 26.1 Å². The first-order chi connectivity index (χ1) is 10.2. The Balaban J connectivity index is 1.66. The van der Waals surface area contributed by atoms with Crippen LogP contribution in [0.4, 0.5) is 0 Å². The number of benzene rings is 1.